The van der Waals surface area contributed by atoms with Crippen molar-refractivity contribution < 1.29 is 24.2 Å². The quantitative estimate of drug-likeness (QED) is 0.234. The van der Waals surface area contributed by atoms with Gasteiger partial charge in [0.1, 0.15) is 5.76 Å². The zero-order valence-corrected chi connectivity index (χ0v) is 20.2. The molecule has 3 aromatic rings. The molecular formula is C29H27NO5. The molecule has 0 spiro atoms. The number of carbonyl (C=O) groups excluding carboxylic acids is 3. The monoisotopic (exact) mass is 469 g/mol. The number of aliphatic hydroxyl groups is 1. The molecule has 0 radical (unpaired) electrons. The average Bonchev–Trinajstić information content (AvgIpc) is 3.11. The van der Waals surface area contributed by atoms with Crippen LogP contribution in [0.15, 0.2) is 72.3 Å². The standard InChI is InChI=1S/C29H27NO5/c1-5-35-29(34)20-10-8-11-21(16-20)30-25(22-12-7-6-9-18(22)3)24(27(32)28(30)33)26(31)23-15-17(2)13-14-19(23)4/h6-16,25,31H,5H2,1-4H3/b26-24+. The molecule has 178 valence electrons. The Kier molecular flexibility index (Phi) is 6.56. The van der Waals surface area contributed by atoms with Gasteiger partial charge in [0.15, 0.2) is 0 Å². The van der Waals surface area contributed by atoms with Gasteiger partial charge in [0.2, 0.25) is 0 Å². The van der Waals surface area contributed by atoms with Crippen LogP contribution in [0, 0.1) is 20.8 Å². The van der Waals surface area contributed by atoms with Gasteiger partial charge in [-0.15, -0.1) is 0 Å². The summed E-state index contributed by atoms with van der Waals surface area (Å²) >= 11 is 0. The number of ketones is 1. The number of esters is 1. The summed E-state index contributed by atoms with van der Waals surface area (Å²) in [5, 5.41) is 11.4. The number of nitrogens with zero attached hydrogens (tertiary/aromatic N) is 1. The molecule has 1 amide bonds. The normalized spacial score (nSPS) is 17.0. The molecule has 4 rings (SSSR count). The summed E-state index contributed by atoms with van der Waals surface area (Å²) in [7, 11) is 0. The molecule has 1 aliphatic rings. The van der Waals surface area contributed by atoms with Gasteiger partial charge in [-0.25, -0.2) is 4.79 Å². The summed E-state index contributed by atoms with van der Waals surface area (Å²) in [4.78, 5) is 40.5. The number of hydrogen-bond acceptors (Lipinski definition) is 5. The maximum Gasteiger partial charge on any atom is 0.338 e. The van der Waals surface area contributed by atoms with Gasteiger partial charge in [-0.3, -0.25) is 14.5 Å². The molecule has 35 heavy (non-hydrogen) atoms. The SMILES string of the molecule is CCOC(=O)c1cccc(N2C(=O)C(=O)/C(=C(/O)c3cc(C)ccc3C)C2c2ccccc2C)c1. The van der Waals surface area contributed by atoms with E-state index in [9.17, 15) is 19.5 Å². The van der Waals surface area contributed by atoms with Crippen LogP contribution in [0.4, 0.5) is 5.69 Å². The Bertz CT molecular complexity index is 1370. The molecule has 0 aliphatic carbocycles. The molecule has 1 fully saturated rings. The number of Topliss-reactive ketones (excluding diaryl/α,β-unsaturated/α-hetero) is 1. The van der Waals surface area contributed by atoms with Crippen LogP contribution in [0.1, 0.15) is 51.1 Å². The molecule has 6 nitrogen and oxygen atoms in total. The summed E-state index contributed by atoms with van der Waals surface area (Å²) in [5.74, 6) is -2.29. The number of benzene rings is 3. The number of rotatable bonds is 5. The molecule has 1 N–H and O–H groups in total. The first-order chi connectivity index (χ1) is 16.7. The Morgan fingerprint density at radius 3 is 2.40 bits per heavy atom. The minimum absolute atomic E-state index is 0.0135. The summed E-state index contributed by atoms with van der Waals surface area (Å²) in [6.45, 7) is 7.56. The van der Waals surface area contributed by atoms with Gasteiger partial charge in [0, 0.05) is 11.3 Å². The molecule has 6 heteroatoms. The molecule has 0 saturated carbocycles. The minimum Gasteiger partial charge on any atom is -0.507 e. The van der Waals surface area contributed by atoms with Crippen molar-refractivity contribution in [2.75, 3.05) is 11.5 Å². The van der Waals surface area contributed by atoms with E-state index in [2.05, 4.69) is 0 Å². The summed E-state index contributed by atoms with van der Waals surface area (Å²) in [6, 6.07) is 18.6. The third-order valence-electron chi connectivity index (χ3n) is 6.21. The Labute approximate surface area is 204 Å². The van der Waals surface area contributed by atoms with E-state index >= 15 is 0 Å². The predicted octanol–water partition coefficient (Wildman–Crippen LogP) is 5.41. The lowest BCUT2D eigenvalue weighted by atomic mass is 9.91. The van der Waals surface area contributed by atoms with Gasteiger partial charge in [0.05, 0.1) is 23.8 Å². The van der Waals surface area contributed by atoms with Crippen LogP contribution in [0.3, 0.4) is 0 Å². The van der Waals surface area contributed by atoms with Crippen LogP contribution in [-0.2, 0) is 14.3 Å². The molecule has 1 aliphatic heterocycles. The summed E-state index contributed by atoms with van der Waals surface area (Å²) in [6.07, 6.45) is 0. The van der Waals surface area contributed by atoms with Crippen molar-refractivity contribution in [1.29, 1.82) is 0 Å². The fourth-order valence-corrected chi connectivity index (χ4v) is 4.42. The van der Waals surface area contributed by atoms with Crippen LogP contribution < -0.4 is 4.90 Å². The second kappa shape index (κ2) is 9.58. The first kappa shape index (κ1) is 24.0. The Morgan fingerprint density at radius 2 is 1.69 bits per heavy atom. The lowest BCUT2D eigenvalue weighted by molar-refractivity contribution is -0.132. The number of ether oxygens (including phenoxy) is 1. The van der Waals surface area contributed by atoms with Crippen LogP contribution in [0.2, 0.25) is 0 Å². The van der Waals surface area contributed by atoms with Crippen molar-refractivity contribution in [3.8, 4) is 0 Å². The number of carbonyl (C=O) groups is 3. The minimum atomic E-state index is -0.867. The third kappa shape index (κ3) is 4.35. The Hall–Kier alpha value is -4.19. The van der Waals surface area contributed by atoms with Crippen LogP contribution >= 0.6 is 0 Å². The van der Waals surface area contributed by atoms with E-state index in [4.69, 9.17) is 4.74 Å². The van der Waals surface area contributed by atoms with Gasteiger partial charge < -0.3 is 9.84 Å². The fourth-order valence-electron chi connectivity index (χ4n) is 4.42. The molecule has 1 saturated heterocycles. The average molecular weight is 470 g/mol. The number of hydrogen-bond donors (Lipinski definition) is 1. The van der Waals surface area contributed by atoms with Crippen LogP contribution in [0.25, 0.3) is 5.76 Å². The molecule has 0 bridgehead atoms. The van der Waals surface area contributed by atoms with E-state index < -0.39 is 23.7 Å². The van der Waals surface area contributed by atoms with Crippen molar-refractivity contribution >= 4 is 29.1 Å². The number of amides is 1. The first-order valence-corrected chi connectivity index (χ1v) is 11.5. The van der Waals surface area contributed by atoms with E-state index in [1.807, 2.05) is 57.2 Å². The zero-order valence-electron chi connectivity index (χ0n) is 20.2. The number of anilines is 1. The van der Waals surface area contributed by atoms with Gasteiger partial charge >= 0.3 is 5.97 Å². The van der Waals surface area contributed by atoms with Gasteiger partial charge in [0.25, 0.3) is 11.7 Å². The van der Waals surface area contributed by atoms with Crippen molar-refractivity contribution in [2.45, 2.75) is 33.7 Å². The highest BCUT2D eigenvalue weighted by atomic mass is 16.5. The Morgan fingerprint density at radius 1 is 0.943 bits per heavy atom. The van der Waals surface area contributed by atoms with E-state index in [-0.39, 0.29) is 23.5 Å². The topological polar surface area (TPSA) is 83.9 Å². The van der Waals surface area contributed by atoms with Crippen molar-refractivity contribution in [2.24, 2.45) is 0 Å². The molecule has 1 atom stereocenters. The lowest BCUT2D eigenvalue weighted by Gasteiger charge is -2.27. The van der Waals surface area contributed by atoms with Gasteiger partial charge in [-0.05, 0) is 68.7 Å². The zero-order chi connectivity index (χ0) is 25.3. The smallest absolute Gasteiger partial charge is 0.338 e. The second-order valence-corrected chi connectivity index (χ2v) is 8.61. The summed E-state index contributed by atoms with van der Waals surface area (Å²) < 4.78 is 5.11. The van der Waals surface area contributed by atoms with Crippen LogP contribution in [0.5, 0.6) is 0 Å². The highest BCUT2D eigenvalue weighted by molar-refractivity contribution is 6.51. The first-order valence-electron chi connectivity index (χ1n) is 11.5. The van der Waals surface area contributed by atoms with Gasteiger partial charge in [-0.1, -0.05) is 48.0 Å². The molecule has 1 heterocycles. The van der Waals surface area contributed by atoms with Gasteiger partial charge in [-0.2, -0.15) is 0 Å². The Balaban J connectivity index is 1.96. The van der Waals surface area contributed by atoms with E-state index in [0.29, 0.717) is 16.8 Å². The third-order valence-corrected chi connectivity index (χ3v) is 6.21. The highest BCUT2D eigenvalue weighted by Gasteiger charge is 2.47. The summed E-state index contributed by atoms with van der Waals surface area (Å²) in [5.41, 5.74) is 4.42. The van der Waals surface area contributed by atoms with Crippen molar-refractivity contribution in [3.05, 3.63) is 106 Å². The molecule has 0 aromatic heterocycles. The van der Waals surface area contributed by atoms with Crippen LogP contribution in [-0.4, -0.2) is 29.4 Å². The maximum absolute atomic E-state index is 13.4. The van der Waals surface area contributed by atoms with Crippen molar-refractivity contribution in [3.63, 3.8) is 0 Å². The maximum atomic E-state index is 13.4. The van der Waals surface area contributed by atoms with E-state index in [1.165, 1.54) is 11.0 Å². The fraction of sp³-hybridized carbons (Fsp3) is 0.207. The largest absolute Gasteiger partial charge is 0.507 e. The van der Waals surface area contributed by atoms with E-state index in [0.717, 1.165) is 16.7 Å². The molecular weight excluding hydrogens is 442 g/mol. The van der Waals surface area contributed by atoms with Crippen molar-refractivity contribution in [1.82, 2.24) is 0 Å². The number of aryl methyl sites for hydroxylation is 3. The lowest BCUT2D eigenvalue weighted by Crippen LogP contribution is -2.30. The molecule has 3 aromatic carbocycles. The second-order valence-electron chi connectivity index (χ2n) is 8.61. The number of aliphatic hydroxyl groups excluding tert-OH is 1. The predicted molar refractivity (Wildman–Crippen MR) is 134 cm³/mol. The highest BCUT2D eigenvalue weighted by Crippen LogP contribution is 2.43. The molecule has 1 unspecified atom stereocenters. The van der Waals surface area contributed by atoms with E-state index in [1.54, 1.807) is 31.2 Å².